The van der Waals surface area contributed by atoms with E-state index in [0.29, 0.717) is 23.6 Å². The summed E-state index contributed by atoms with van der Waals surface area (Å²) in [5, 5.41) is 7.96. The molecule has 1 atom stereocenters. The number of anilines is 2. The van der Waals surface area contributed by atoms with Gasteiger partial charge in [-0.15, -0.1) is 0 Å². The molecule has 4 N–H and O–H groups in total. The zero-order chi connectivity index (χ0) is 21.6. The van der Waals surface area contributed by atoms with Crippen molar-refractivity contribution in [3.8, 4) is 0 Å². The normalized spacial score (nSPS) is 11.6. The Morgan fingerprint density at radius 1 is 0.871 bits per heavy atom. The smallest absolute Gasteiger partial charge is 0.252 e. The maximum absolute atomic E-state index is 12.8. The minimum Gasteiger partial charge on any atom is -0.368 e. The summed E-state index contributed by atoms with van der Waals surface area (Å²) in [4.78, 5) is 33.0. The molecule has 0 aliphatic heterocycles. The van der Waals surface area contributed by atoms with Gasteiger partial charge in [0.2, 0.25) is 11.9 Å². The van der Waals surface area contributed by atoms with Crippen LogP contribution in [0, 0.1) is 0 Å². The number of aromatic nitrogens is 2. The molecule has 0 unspecified atom stereocenters. The molecule has 0 saturated carbocycles. The highest BCUT2D eigenvalue weighted by Gasteiger charge is 2.20. The quantitative estimate of drug-likeness (QED) is 0.433. The van der Waals surface area contributed by atoms with E-state index in [1.807, 2.05) is 42.5 Å². The topological polar surface area (TPSA) is 110 Å². The first-order valence-corrected chi connectivity index (χ1v) is 9.80. The molecule has 0 radical (unpaired) electrons. The molecule has 0 aliphatic rings. The van der Waals surface area contributed by atoms with Gasteiger partial charge in [-0.05, 0) is 40.6 Å². The molecule has 4 rings (SSSR count). The van der Waals surface area contributed by atoms with Gasteiger partial charge in [0, 0.05) is 30.1 Å². The molecule has 7 heteroatoms. The van der Waals surface area contributed by atoms with Gasteiger partial charge >= 0.3 is 0 Å². The van der Waals surface area contributed by atoms with Crippen LogP contribution in [0.25, 0.3) is 10.8 Å². The molecule has 2 amide bonds. The number of hydrogen-bond donors (Lipinski definition) is 3. The Morgan fingerprint density at radius 3 is 2.42 bits per heavy atom. The van der Waals surface area contributed by atoms with Crippen molar-refractivity contribution in [2.75, 3.05) is 5.32 Å². The number of carbonyl (C=O) groups excluding carboxylic acids is 2. The molecule has 0 aliphatic carbocycles. The van der Waals surface area contributed by atoms with Gasteiger partial charge in [0.25, 0.3) is 5.91 Å². The van der Waals surface area contributed by atoms with Crippen molar-refractivity contribution >= 4 is 34.2 Å². The standard InChI is InChI=1S/C24H21N5O2/c25-22(30)21(14-16-9-10-17-5-1-2-6-18(17)13-16)29-23(31)19-7-3-8-20(15-19)28-24-26-11-4-12-27-24/h1-13,15,21H,14H2,(H2,25,30)(H,29,31)(H,26,27,28)/t21-/m0/s1. The third-order valence-electron chi connectivity index (χ3n) is 4.85. The van der Waals surface area contributed by atoms with E-state index in [9.17, 15) is 9.59 Å². The summed E-state index contributed by atoms with van der Waals surface area (Å²) >= 11 is 0. The van der Waals surface area contributed by atoms with Crippen molar-refractivity contribution in [1.82, 2.24) is 15.3 Å². The lowest BCUT2D eigenvalue weighted by atomic mass is 10.0. The highest BCUT2D eigenvalue weighted by atomic mass is 16.2. The zero-order valence-corrected chi connectivity index (χ0v) is 16.7. The first kappa shape index (κ1) is 20.0. The molecule has 31 heavy (non-hydrogen) atoms. The van der Waals surface area contributed by atoms with Crippen molar-refractivity contribution in [2.45, 2.75) is 12.5 Å². The summed E-state index contributed by atoms with van der Waals surface area (Å²) in [7, 11) is 0. The molecule has 1 aromatic heterocycles. The molecule has 0 fully saturated rings. The largest absolute Gasteiger partial charge is 0.368 e. The highest BCUT2D eigenvalue weighted by molar-refractivity contribution is 5.98. The van der Waals surface area contributed by atoms with E-state index in [1.54, 1.807) is 42.7 Å². The fraction of sp³-hybridized carbons (Fsp3) is 0.0833. The Balaban J connectivity index is 1.48. The summed E-state index contributed by atoms with van der Waals surface area (Å²) < 4.78 is 0. The van der Waals surface area contributed by atoms with Gasteiger partial charge in [0.15, 0.2) is 0 Å². The number of benzene rings is 3. The molecular formula is C24H21N5O2. The van der Waals surface area contributed by atoms with Crippen LogP contribution in [-0.2, 0) is 11.2 Å². The Hall–Kier alpha value is -4.26. The van der Waals surface area contributed by atoms with Crippen molar-refractivity contribution in [3.05, 3.63) is 96.3 Å². The third kappa shape index (κ3) is 5.02. The van der Waals surface area contributed by atoms with E-state index in [0.717, 1.165) is 16.3 Å². The fourth-order valence-electron chi connectivity index (χ4n) is 3.30. The monoisotopic (exact) mass is 411 g/mol. The maximum atomic E-state index is 12.8. The van der Waals surface area contributed by atoms with Crippen LogP contribution in [0.1, 0.15) is 15.9 Å². The number of amides is 2. The second kappa shape index (κ2) is 9.04. The van der Waals surface area contributed by atoms with Crippen LogP contribution in [-0.4, -0.2) is 27.8 Å². The van der Waals surface area contributed by atoms with Gasteiger partial charge in [-0.3, -0.25) is 9.59 Å². The molecule has 0 spiro atoms. The van der Waals surface area contributed by atoms with Gasteiger partial charge in [0.1, 0.15) is 6.04 Å². The van der Waals surface area contributed by atoms with Crippen LogP contribution in [0.2, 0.25) is 0 Å². The van der Waals surface area contributed by atoms with Gasteiger partial charge in [0.05, 0.1) is 0 Å². The lowest BCUT2D eigenvalue weighted by Gasteiger charge is -2.16. The molecule has 154 valence electrons. The predicted molar refractivity (Wildman–Crippen MR) is 120 cm³/mol. The van der Waals surface area contributed by atoms with Crippen LogP contribution in [0.3, 0.4) is 0 Å². The summed E-state index contributed by atoms with van der Waals surface area (Å²) in [6.45, 7) is 0. The number of primary amides is 1. The summed E-state index contributed by atoms with van der Waals surface area (Å²) in [6.07, 6.45) is 3.55. The van der Waals surface area contributed by atoms with Gasteiger partial charge in [-0.1, -0.05) is 48.5 Å². The van der Waals surface area contributed by atoms with Gasteiger partial charge < -0.3 is 16.4 Å². The molecule has 3 aromatic carbocycles. The molecule has 0 saturated heterocycles. The van der Waals surface area contributed by atoms with Gasteiger partial charge in [-0.25, -0.2) is 9.97 Å². The zero-order valence-electron chi connectivity index (χ0n) is 16.7. The Morgan fingerprint density at radius 2 is 1.65 bits per heavy atom. The van der Waals surface area contributed by atoms with Crippen LogP contribution >= 0.6 is 0 Å². The van der Waals surface area contributed by atoms with Crippen molar-refractivity contribution in [3.63, 3.8) is 0 Å². The number of hydrogen-bond acceptors (Lipinski definition) is 5. The van der Waals surface area contributed by atoms with E-state index in [-0.39, 0.29) is 5.91 Å². The fourth-order valence-corrected chi connectivity index (χ4v) is 3.30. The van der Waals surface area contributed by atoms with E-state index in [4.69, 9.17) is 5.73 Å². The Kier molecular flexibility index (Phi) is 5.84. The molecular weight excluding hydrogens is 390 g/mol. The van der Waals surface area contributed by atoms with E-state index in [2.05, 4.69) is 20.6 Å². The first-order valence-electron chi connectivity index (χ1n) is 9.80. The number of carbonyl (C=O) groups is 2. The highest BCUT2D eigenvalue weighted by Crippen LogP contribution is 2.18. The minimum absolute atomic E-state index is 0.307. The first-order chi connectivity index (χ1) is 15.1. The van der Waals surface area contributed by atoms with Crippen LogP contribution < -0.4 is 16.4 Å². The van der Waals surface area contributed by atoms with Crippen LogP contribution in [0.4, 0.5) is 11.6 Å². The van der Waals surface area contributed by atoms with Crippen molar-refractivity contribution < 1.29 is 9.59 Å². The minimum atomic E-state index is -0.831. The SMILES string of the molecule is NC(=O)[C@H](Cc1ccc2ccccc2c1)NC(=O)c1cccc(Nc2ncccn2)c1. The third-order valence-corrected chi connectivity index (χ3v) is 4.85. The average molecular weight is 411 g/mol. The second-order valence-electron chi connectivity index (χ2n) is 7.09. The second-order valence-corrected chi connectivity index (χ2v) is 7.09. The summed E-state index contributed by atoms with van der Waals surface area (Å²) in [6, 6.07) is 21.7. The Bertz CT molecular complexity index is 1230. The molecule has 1 heterocycles. The van der Waals surface area contributed by atoms with Gasteiger partial charge in [-0.2, -0.15) is 0 Å². The van der Waals surface area contributed by atoms with Crippen molar-refractivity contribution in [1.29, 1.82) is 0 Å². The number of fused-ring (bicyclic) bond motifs is 1. The number of nitrogens with zero attached hydrogens (tertiary/aromatic N) is 2. The predicted octanol–water partition coefficient (Wildman–Crippen LogP) is 3.20. The summed E-state index contributed by atoms with van der Waals surface area (Å²) in [5.41, 5.74) is 7.54. The van der Waals surface area contributed by atoms with E-state index >= 15 is 0 Å². The maximum Gasteiger partial charge on any atom is 0.252 e. The lowest BCUT2D eigenvalue weighted by Crippen LogP contribution is -2.45. The number of rotatable bonds is 7. The summed E-state index contributed by atoms with van der Waals surface area (Å²) in [5.74, 6) is -0.554. The van der Waals surface area contributed by atoms with Crippen LogP contribution in [0.15, 0.2) is 85.2 Å². The van der Waals surface area contributed by atoms with E-state index in [1.165, 1.54) is 0 Å². The lowest BCUT2D eigenvalue weighted by molar-refractivity contribution is -0.119. The van der Waals surface area contributed by atoms with Crippen molar-refractivity contribution in [2.24, 2.45) is 5.73 Å². The number of nitrogens with two attached hydrogens (primary N) is 1. The molecule has 7 nitrogen and oxygen atoms in total. The molecule has 4 aromatic rings. The van der Waals surface area contributed by atoms with Crippen LogP contribution in [0.5, 0.6) is 0 Å². The average Bonchev–Trinajstić information content (AvgIpc) is 2.79. The number of nitrogens with one attached hydrogen (secondary N) is 2. The Labute approximate surface area is 179 Å². The molecule has 0 bridgehead atoms. The van der Waals surface area contributed by atoms with E-state index < -0.39 is 11.9 Å².